The lowest BCUT2D eigenvalue weighted by Crippen LogP contribution is -2.11. The Morgan fingerprint density at radius 3 is 2.27 bits per heavy atom. The fourth-order valence-corrected chi connectivity index (χ4v) is 1.39. The molecule has 1 rings (SSSR count). The molecule has 0 aliphatic carbocycles. The third-order valence-electron chi connectivity index (χ3n) is 1.89. The first-order chi connectivity index (χ1) is 6.97. The van der Waals surface area contributed by atoms with E-state index in [-0.39, 0.29) is 30.1 Å². The van der Waals surface area contributed by atoms with Crippen LogP contribution in [0.3, 0.4) is 0 Å². The first-order valence-electron chi connectivity index (χ1n) is 4.69. The normalized spacial score (nSPS) is 12.4. The zero-order chi connectivity index (χ0) is 11.4. The molecule has 1 atom stereocenters. The number of Topliss-reactive ketones (excluding diaryl/α,β-unsaturated/α-hetero) is 1. The molecule has 0 saturated carbocycles. The van der Waals surface area contributed by atoms with E-state index in [9.17, 15) is 4.79 Å². The number of ketones is 1. The first kappa shape index (κ1) is 11.5. The van der Waals surface area contributed by atoms with Crippen LogP contribution >= 0.6 is 0 Å². The Balaban J connectivity index is 2.68. The Morgan fingerprint density at radius 2 is 1.80 bits per heavy atom. The van der Waals surface area contributed by atoms with Gasteiger partial charge in [-0.2, -0.15) is 0 Å². The fourth-order valence-electron chi connectivity index (χ4n) is 1.39. The van der Waals surface area contributed by atoms with Gasteiger partial charge in [0.2, 0.25) is 0 Å². The number of carbonyl (C=O) groups excluding carboxylic acids is 1. The van der Waals surface area contributed by atoms with Gasteiger partial charge in [-0.15, -0.1) is 0 Å². The van der Waals surface area contributed by atoms with Crippen LogP contribution in [0.15, 0.2) is 18.2 Å². The number of phenolic OH excluding ortho intramolecular Hbond substituents is 2. The Kier molecular flexibility index (Phi) is 3.68. The highest BCUT2D eigenvalue weighted by Gasteiger charge is 2.08. The van der Waals surface area contributed by atoms with E-state index in [0.29, 0.717) is 5.56 Å². The molecule has 0 fully saturated rings. The largest absolute Gasteiger partial charge is 0.508 e. The molecule has 0 aliphatic rings. The van der Waals surface area contributed by atoms with Crippen molar-refractivity contribution in [3.05, 3.63) is 23.8 Å². The number of hydrogen-bond donors (Lipinski definition) is 3. The predicted molar refractivity (Wildman–Crippen MR) is 54.8 cm³/mol. The number of phenols is 2. The number of aliphatic hydroxyl groups is 1. The van der Waals surface area contributed by atoms with Gasteiger partial charge in [0.05, 0.1) is 6.10 Å². The number of aliphatic hydroxyl groups excluding tert-OH is 1. The van der Waals surface area contributed by atoms with Crippen LogP contribution in [-0.2, 0) is 11.2 Å². The molecule has 1 aromatic rings. The van der Waals surface area contributed by atoms with Gasteiger partial charge in [-0.25, -0.2) is 0 Å². The topological polar surface area (TPSA) is 77.8 Å². The molecule has 0 aromatic heterocycles. The lowest BCUT2D eigenvalue weighted by atomic mass is 10.0. The van der Waals surface area contributed by atoms with E-state index < -0.39 is 6.10 Å². The first-order valence-corrected chi connectivity index (χ1v) is 4.69. The molecule has 0 radical (unpaired) electrons. The van der Waals surface area contributed by atoms with Crippen LogP contribution < -0.4 is 0 Å². The van der Waals surface area contributed by atoms with Gasteiger partial charge >= 0.3 is 0 Å². The second-order valence-electron chi connectivity index (χ2n) is 3.63. The van der Waals surface area contributed by atoms with Crippen molar-refractivity contribution >= 4 is 5.78 Å². The molecule has 0 spiro atoms. The van der Waals surface area contributed by atoms with Crippen LogP contribution in [0, 0.1) is 0 Å². The molecule has 0 bridgehead atoms. The zero-order valence-electron chi connectivity index (χ0n) is 8.47. The van der Waals surface area contributed by atoms with E-state index in [2.05, 4.69) is 0 Å². The number of hydrogen-bond acceptors (Lipinski definition) is 4. The maximum Gasteiger partial charge on any atom is 0.139 e. The summed E-state index contributed by atoms with van der Waals surface area (Å²) in [6.45, 7) is 1.54. The SMILES string of the molecule is CC(O)CC(=O)Cc1cc(O)cc(O)c1. The Bertz CT molecular complexity index is 337. The summed E-state index contributed by atoms with van der Waals surface area (Å²) in [6, 6.07) is 4.03. The zero-order valence-corrected chi connectivity index (χ0v) is 8.47. The van der Waals surface area contributed by atoms with E-state index in [1.165, 1.54) is 25.1 Å². The van der Waals surface area contributed by atoms with Crippen molar-refractivity contribution in [2.45, 2.75) is 25.9 Å². The lowest BCUT2D eigenvalue weighted by Gasteiger charge is -2.04. The molecule has 4 nitrogen and oxygen atoms in total. The quantitative estimate of drug-likeness (QED) is 0.692. The van der Waals surface area contributed by atoms with Crippen LogP contribution in [0.4, 0.5) is 0 Å². The number of carbonyl (C=O) groups is 1. The molecule has 0 aliphatic heterocycles. The minimum absolute atomic E-state index is 0.0742. The monoisotopic (exact) mass is 210 g/mol. The van der Waals surface area contributed by atoms with E-state index in [0.717, 1.165) is 0 Å². The van der Waals surface area contributed by atoms with Crippen LogP contribution in [0.2, 0.25) is 0 Å². The van der Waals surface area contributed by atoms with E-state index in [1.807, 2.05) is 0 Å². The molecule has 3 N–H and O–H groups in total. The van der Waals surface area contributed by atoms with Gasteiger partial charge in [-0.1, -0.05) is 0 Å². The average Bonchev–Trinajstić information content (AvgIpc) is 1.98. The lowest BCUT2D eigenvalue weighted by molar-refractivity contribution is -0.120. The summed E-state index contributed by atoms with van der Waals surface area (Å²) in [7, 11) is 0. The minimum Gasteiger partial charge on any atom is -0.508 e. The third kappa shape index (κ3) is 3.99. The molecule has 1 aromatic carbocycles. The Morgan fingerprint density at radius 1 is 1.27 bits per heavy atom. The molecule has 1 unspecified atom stereocenters. The van der Waals surface area contributed by atoms with Crippen LogP contribution in [0.25, 0.3) is 0 Å². The van der Waals surface area contributed by atoms with Gasteiger partial charge < -0.3 is 15.3 Å². The van der Waals surface area contributed by atoms with Gasteiger partial charge in [-0.05, 0) is 24.6 Å². The molecule has 82 valence electrons. The van der Waals surface area contributed by atoms with Crippen molar-refractivity contribution < 1.29 is 20.1 Å². The van der Waals surface area contributed by atoms with Gasteiger partial charge in [-0.3, -0.25) is 4.79 Å². The van der Waals surface area contributed by atoms with E-state index in [4.69, 9.17) is 15.3 Å². The fraction of sp³-hybridized carbons (Fsp3) is 0.364. The molecule has 0 saturated heterocycles. The summed E-state index contributed by atoms with van der Waals surface area (Å²) in [5.74, 6) is -0.278. The average molecular weight is 210 g/mol. The summed E-state index contributed by atoms with van der Waals surface area (Å²) in [5.41, 5.74) is 0.540. The maximum atomic E-state index is 11.3. The Hall–Kier alpha value is -1.55. The smallest absolute Gasteiger partial charge is 0.139 e. The second kappa shape index (κ2) is 4.79. The molecular formula is C11H14O4. The molecule has 0 heterocycles. The van der Waals surface area contributed by atoms with Gasteiger partial charge in [0.25, 0.3) is 0 Å². The third-order valence-corrected chi connectivity index (χ3v) is 1.89. The van der Waals surface area contributed by atoms with Crippen molar-refractivity contribution in [3.8, 4) is 11.5 Å². The van der Waals surface area contributed by atoms with E-state index in [1.54, 1.807) is 0 Å². The standard InChI is InChI=1S/C11H14O4/c1-7(12)2-9(13)3-8-4-10(14)6-11(15)5-8/h4-7,12,14-15H,2-3H2,1H3. The van der Waals surface area contributed by atoms with Crippen molar-refractivity contribution in [3.63, 3.8) is 0 Å². The summed E-state index contributed by atoms with van der Waals surface area (Å²) in [4.78, 5) is 11.3. The van der Waals surface area contributed by atoms with Crippen LogP contribution in [0.5, 0.6) is 11.5 Å². The van der Waals surface area contributed by atoms with Crippen molar-refractivity contribution in [2.75, 3.05) is 0 Å². The predicted octanol–water partition coefficient (Wildman–Crippen LogP) is 0.980. The van der Waals surface area contributed by atoms with Crippen LogP contribution in [-0.4, -0.2) is 27.2 Å². The molecule has 0 amide bonds. The summed E-state index contributed by atoms with van der Waals surface area (Å²) in [5, 5.41) is 27.3. The van der Waals surface area contributed by atoms with Crippen LogP contribution in [0.1, 0.15) is 18.9 Å². The van der Waals surface area contributed by atoms with E-state index >= 15 is 0 Å². The maximum absolute atomic E-state index is 11.3. The Labute approximate surface area is 87.8 Å². The summed E-state index contributed by atoms with van der Waals surface area (Å²) >= 11 is 0. The number of rotatable bonds is 4. The minimum atomic E-state index is -0.664. The van der Waals surface area contributed by atoms with Crippen molar-refractivity contribution in [2.24, 2.45) is 0 Å². The molecule has 15 heavy (non-hydrogen) atoms. The molecular weight excluding hydrogens is 196 g/mol. The molecule has 4 heteroatoms. The van der Waals surface area contributed by atoms with Gasteiger partial charge in [0.15, 0.2) is 0 Å². The van der Waals surface area contributed by atoms with Crippen molar-refractivity contribution in [1.29, 1.82) is 0 Å². The second-order valence-corrected chi connectivity index (χ2v) is 3.63. The number of aromatic hydroxyl groups is 2. The highest BCUT2D eigenvalue weighted by molar-refractivity contribution is 5.81. The van der Waals surface area contributed by atoms with Gasteiger partial charge in [0.1, 0.15) is 17.3 Å². The highest BCUT2D eigenvalue weighted by atomic mass is 16.3. The highest BCUT2D eigenvalue weighted by Crippen LogP contribution is 2.21. The van der Waals surface area contributed by atoms with Crippen molar-refractivity contribution in [1.82, 2.24) is 0 Å². The summed E-state index contributed by atoms with van der Waals surface area (Å²) < 4.78 is 0. The summed E-state index contributed by atoms with van der Waals surface area (Å²) in [6.07, 6.45) is -0.480. The number of benzene rings is 1. The van der Waals surface area contributed by atoms with Gasteiger partial charge in [0, 0.05) is 18.9 Å².